The van der Waals surface area contributed by atoms with Crippen molar-refractivity contribution in [3.8, 4) is 0 Å². The van der Waals surface area contributed by atoms with E-state index in [2.05, 4.69) is 13.0 Å². The van der Waals surface area contributed by atoms with Crippen molar-refractivity contribution in [1.29, 1.82) is 0 Å². The Kier molecular flexibility index (Phi) is 23.1. The normalized spacial score (nSPS) is 37.8. The molecule has 0 spiro atoms. The fraction of sp³-hybridized carbons (Fsp3) is 0.811. The average molecular weight is 991 g/mol. The van der Waals surface area contributed by atoms with Crippen LogP contribution in [0.2, 0.25) is 0 Å². The second kappa shape index (κ2) is 27.5. The standard InChI is InChI=1S/C53H86N2O15/c1-31-17-13-12-14-18-32(2)43(65-9)29-39-22-20-37(7)53(63,70-39)49(59)50(60)55-24-16-15-19-40(55)51(61)68-44(34(4)27-38-21-23-42(45(28-38)66-10)69-52(62)54(8)64)30-41(56)33(3)26-36(6)47(58)48(67-11)46(57)35(5)25-31/h18,26,31,33-35,37-40,42-45,47-48,58,63-64H,12-17,19-25,27-30H2,1-11H3/b32-18+,36-26+/t31-,33-,34-,35-,37-,38+,39+,40+,42-,43+,44+,45-,47-,48+,53-/m1/s1. The number of carbonyl (C=O) groups is 6. The highest BCUT2D eigenvalue weighted by Gasteiger charge is 2.53. The van der Waals surface area contributed by atoms with Gasteiger partial charge in [0.15, 0.2) is 5.78 Å². The first-order valence-electron chi connectivity index (χ1n) is 25.8. The minimum Gasteiger partial charge on any atom is -0.460 e. The van der Waals surface area contributed by atoms with E-state index in [0.29, 0.717) is 74.8 Å². The maximum atomic E-state index is 14.5. The molecule has 15 atom stereocenters. The number of aliphatic hydroxyl groups is 2. The molecule has 2 bridgehead atoms. The molecule has 17 nitrogen and oxygen atoms in total. The number of Topliss-reactive ketones (excluding diaryl/α,β-unsaturated/α-hetero) is 3. The molecule has 0 unspecified atom stereocenters. The van der Waals surface area contributed by atoms with Gasteiger partial charge in [-0.25, -0.2) is 9.59 Å². The van der Waals surface area contributed by atoms with Crippen LogP contribution in [-0.2, 0) is 52.4 Å². The lowest BCUT2D eigenvalue weighted by molar-refractivity contribution is -0.265. The van der Waals surface area contributed by atoms with Gasteiger partial charge in [-0.15, -0.1) is 0 Å². The maximum absolute atomic E-state index is 14.5. The molecule has 398 valence electrons. The van der Waals surface area contributed by atoms with Crippen LogP contribution in [0.3, 0.4) is 0 Å². The number of fused-ring (bicyclic) bond motifs is 3. The number of hydroxylamine groups is 2. The number of hydrogen-bond donors (Lipinski definition) is 3. The van der Waals surface area contributed by atoms with Gasteiger partial charge in [-0.05, 0) is 120 Å². The quantitative estimate of drug-likeness (QED) is 0.0761. The first-order chi connectivity index (χ1) is 33.1. The summed E-state index contributed by atoms with van der Waals surface area (Å²) in [5.74, 6) is -7.98. The Labute approximate surface area is 416 Å². The van der Waals surface area contributed by atoms with Crippen LogP contribution < -0.4 is 0 Å². The van der Waals surface area contributed by atoms with Gasteiger partial charge >= 0.3 is 12.1 Å². The molecule has 0 aromatic heterocycles. The van der Waals surface area contributed by atoms with Gasteiger partial charge in [0.2, 0.25) is 5.79 Å². The Balaban J connectivity index is 1.67. The van der Waals surface area contributed by atoms with E-state index >= 15 is 0 Å². The molecule has 0 radical (unpaired) electrons. The number of ether oxygens (including phenoxy) is 6. The van der Waals surface area contributed by atoms with E-state index in [9.17, 15) is 44.2 Å². The Morgan fingerprint density at radius 1 is 0.871 bits per heavy atom. The molecule has 3 aliphatic heterocycles. The Bertz CT molecular complexity index is 1840. The molecule has 2 saturated heterocycles. The lowest BCUT2D eigenvalue weighted by Crippen LogP contribution is -2.61. The zero-order valence-corrected chi connectivity index (χ0v) is 43.9. The zero-order chi connectivity index (χ0) is 52.0. The molecule has 2 amide bonds. The third-order valence-electron chi connectivity index (χ3n) is 15.6. The van der Waals surface area contributed by atoms with Gasteiger partial charge in [0.1, 0.15) is 36.2 Å². The molecule has 0 aromatic carbocycles. The number of hydrogen-bond acceptors (Lipinski definition) is 15. The lowest BCUT2D eigenvalue weighted by atomic mass is 9.78. The summed E-state index contributed by atoms with van der Waals surface area (Å²) in [6.45, 7) is 12.9. The smallest absolute Gasteiger partial charge is 0.433 e. The molecule has 1 aliphatic carbocycles. The van der Waals surface area contributed by atoms with Crippen LogP contribution >= 0.6 is 0 Å². The first-order valence-corrected chi connectivity index (χ1v) is 25.8. The second-order valence-electron chi connectivity index (χ2n) is 21.1. The van der Waals surface area contributed by atoms with Crippen LogP contribution in [0.5, 0.6) is 0 Å². The number of ketones is 3. The van der Waals surface area contributed by atoms with E-state index in [-0.39, 0.29) is 54.8 Å². The molecule has 1 saturated carbocycles. The topological polar surface area (TPSA) is 225 Å². The van der Waals surface area contributed by atoms with Crippen LogP contribution in [0.15, 0.2) is 23.3 Å². The summed E-state index contributed by atoms with van der Waals surface area (Å²) >= 11 is 0. The molecule has 4 rings (SSSR count). The summed E-state index contributed by atoms with van der Waals surface area (Å²) in [7, 11) is 5.68. The molecule has 3 N–H and O–H groups in total. The van der Waals surface area contributed by atoms with Gasteiger partial charge < -0.3 is 43.5 Å². The summed E-state index contributed by atoms with van der Waals surface area (Å²) in [5.41, 5.74) is 1.37. The van der Waals surface area contributed by atoms with Crippen molar-refractivity contribution in [3.63, 3.8) is 0 Å². The largest absolute Gasteiger partial charge is 0.460 e. The summed E-state index contributed by atoms with van der Waals surface area (Å²) in [6.07, 6.45) is 5.88. The average Bonchev–Trinajstić information content (AvgIpc) is 3.33. The van der Waals surface area contributed by atoms with E-state index in [4.69, 9.17) is 28.4 Å². The molecular weight excluding hydrogens is 905 g/mol. The zero-order valence-electron chi connectivity index (χ0n) is 43.9. The summed E-state index contributed by atoms with van der Waals surface area (Å²) in [5, 5.41) is 33.5. The molecule has 0 aromatic rings. The maximum Gasteiger partial charge on any atom is 0.433 e. The molecule has 3 fully saturated rings. The molecule has 17 heteroatoms. The number of amides is 2. The number of cyclic esters (lactones) is 1. The summed E-state index contributed by atoms with van der Waals surface area (Å²) in [6, 6.07) is -1.17. The van der Waals surface area contributed by atoms with Crippen molar-refractivity contribution < 1.29 is 72.6 Å². The van der Waals surface area contributed by atoms with Crippen LogP contribution in [-0.4, -0.2) is 150 Å². The number of esters is 1. The van der Waals surface area contributed by atoms with Gasteiger partial charge in [0.05, 0.1) is 18.3 Å². The number of allylic oxidation sites excluding steroid dienone is 2. The first kappa shape index (κ1) is 59.0. The third kappa shape index (κ3) is 15.7. The molecule has 4 aliphatic rings. The Morgan fingerprint density at radius 3 is 2.23 bits per heavy atom. The number of carbonyl (C=O) groups excluding carboxylic acids is 6. The van der Waals surface area contributed by atoms with Crippen molar-refractivity contribution in [1.82, 2.24) is 9.96 Å². The fourth-order valence-corrected chi connectivity index (χ4v) is 11.0. The van der Waals surface area contributed by atoms with Crippen LogP contribution in [0.4, 0.5) is 4.79 Å². The molecular formula is C53H86N2O15. The molecule has 70 heavy (non-hydrogen) atoms. The number of methoxy groups -OCH3 is 3. The number of rotatable bonds is 7. The van der Waals surface area contributed by atoms with Gasteiger partial charge in [-0.2, -0.15) is 5.06 Å². The minimum atomic E-state index is -2.43. The van der Waals surface area contributed by atoms with Gasteiger partial charge in [-0.1, -0.05) is 59.6 Å². The number of piperidine rings is 1. The predicted octanol–water partition coefficient (Wildman–Crippen LogP) is 7.09. The van der Waals surface area contributed by atoms with Crippen molar-refractivity contribution in [2.24, 2.45) is 35.5 Å². The van der Waals surface area contributed by atoms with E-state index < -0.39 is 90.0 Å². The highest BCUT2D eigenvalue weighted by molar-refractivity contribution is 6.39. The van der Waals surface area contributed by atoms with Gasteiger partial charge in [0, 0.05) is 65.5 Å². The van der Waals surface area contributed by atoms with Crippen LogP contribution in [0.1, 0.15) is 151 Å². The van der Waals surface area contributed by atoms with Crippen molar-refractivity contribution in [3.05, 3.63) is 23.3 Å². The minimum absolute atomic E-state index is 0.000445. The van der Waals surface area contributed by atoms with Gasteiger partial charge in [-0.3, -0.25) is 24.4 Å². The van der Waals surface area contributed by atoms with Gasteiger partial charge in [0.25, 0.3) is 11.7 Å². The van der Waals surface area contributed by atoms with Crippen molar-refractivity contribution >= 4 is 35.3 Å². The van der Waals surface area contributed by atoms with E-state index in [1.165, 1.54) is 26.2 Å². The van der Waals surface area contributed by atoms with Crippen LogP contribution in [0.25, 0.3) is 0 Å². The SMILES string of the molecule is CO[C@H]1C[C@@H]2CC[C@@H](C)[C@@](O)(O2)C(=O)C(=O)N2CCCC[C@H]2C(=O)O[C@H]([C@H](C)C[C@@H]2CC[C@@H](OC(=O)N(C)O)[C@H](OC)C2)CC(=O)[C@H](C)/C=C(\C)[C@@H](O)[C@@H](OC)C(=O)[C@H](C)C[C@H](C)CCCC/C=C/1C. The highest BCUT2D eigenvalue weighted by Crippen LogP contribution is 2.38. The lowest BCUT2D eigenvalue weighted by Gasteiger charge is -2.42. The van der Waals surface area contributed by atoms with E-state index in [1.807, 2.05) is 20.8 Å². The van der Waals surface area contributed by atoms with E-state index in [1.54, 1.807) is 34.0 Å². The fourth-order valence-electron chi connectivity index (χ4n) is 11.0. The predicted molar refractivity (Wildman–Crippen MR) is 259 cm³/mol. The third-order valence-corrected chi connectivity index (χ3v) is 15.6. The number of nitrogens with zero attached hydrogens (tertiary/aromatic N) is 2. The molecule has 3 heterocycles. The van der Waals surface area contributed by atoms with Crippen molar-refractivity contribution in [2.45, 2.75) is 206 Å². The van der Waals surface area contributed by atoms with E-state index in [0.717, 1.165) is 31.3 Å². The highest BCUT2D eigenvalue weighted by atomic mass is 16.6. The summed E-state index contributed by atoms with van der Waals surface area (Å²) in [4.78, 5) is 84.5. The monoisotopic (exact) mass is 991 g/mol. The summed E-state index contributed by atoms with van der Waals surface area (Å²) < 4.78 is 35.2. The second-order valence-corrected chi connectivity index (χ2v) is 21.1. The van der Waals surface area contributed by atoms with Crippen molar-refractivity contribution in [2.75, 3.05) is 34.9 Å². The van der Waals surface area contributed by atoms with Crippen LogP contribution in [0, 0.1) is 35.5 Å². The Hall–Kier alpha value is -3.58. The Morgan fingerprint density at radius 2 is 1.57 bits per heavy atom. The number of aliphatic hydroxyl groups excluding tert-OH is 1.